The van der Waals surface area contributed by atoms with Gasteiger partial charge in [-0.2, -0.15) is 0 Å². The third-order valence-corrected chi connectivity index (χ3v) is 2.75. The average Bonchev–Trinajstić information content (AvgIpc) is 2.05. The normalized spacial score (nSPS) is 33.2. The van der Waals surface area contributed by atoms with Crippen LogP contribution in [0.15, 0.2) is 0 Å². The van der Waals surface area contributed by atoms with Gasteiger partial charge in [0.2, 0.25) is 0 Å². The second-order valence-electron chi connectivity index (χ2n) is 4.05. The first kappa shape index (κ1) is 10.0. The van der Waals surface area contributed by atoms with Crippen LogP contribution in [0.5, 0.6) is 0 Å². The molecule has 1 saturated heterocycles. The molecule has 1 fully saturated rings. The van der Waals surface area contributed by atoms with E-state index in [1.807, 2.05) is 0 Å². The Hall–Kier alpha value is -0.0800. The second-order valence-corrected chi connectivity index (χ2v) is 4.05. The van der Waals surface area contributed by atoms with Crippen molar-refractivity contribution in [1.29, 1.82) is 0 Å². The molecule has 0 bridgehead atoms. The van der Waals surface area contributed by atoms with Gasteiger partial charge >= 0.3 is 0 Å². The van der Waals surface area contributed by atoms with Crippen LogP contribution in [0, 0.1) is 5.92 Å². The molecule has 0 aliphatic carbocycles. The highest BCUT2D eigenvalue weighted by atomic mass is 16.3. The predicted octanol–water partition coefficient (Wildman–Crippen LogP) is 1.54. The maximum atomic E-state index is 9.73. The van der Waals surface area contributed by atoms with Gasteiger partial charge in [-0.15, -0.1) is 0 Å². The van der Waals surface area contributed by atoms with E-state index in [1.165, 1.54) is 6.42 Å². The number of rotatable bonds is 3. The van der Waals surface area contributed by atoms with Gasteiger partial charge in [0.15, 0.2) is 0 Å². The van der Waals surface area contributed by atoms with Crippen LogP contribution in [0.3, 0.4) is 0 Å². The quantitative estimate of drug-likeness (QED) is 0.675. The van der Waals surface area contributed by atoms with Crippen molar-refractivity contribution in [2.45, 2.75) is 51.7 Å². The first-order chi connectivity index (χ1) is 5.74. The molecule has 0 saturated carbocycles. The van der Waals surface area contributed by atoms with Gasteiger partial charge < -0.3 is 10.4 Å². The molecule has 2 heteroatoms. The van der Waals surface area contributed by atoms with Gasteiger partial charge in [-0.25, -0.2) is 0 Å². The van der Waals surface area contributed by atoms with E-state index in [2.05, 4.69) is 19.2 Å². The lowest BCUT2D eigenvalue weighted by atomic mass is 9.90. The van der Waals surface area contributed by atoms with Gasteiger partial charge in [0, 0.05) is 6.04 Å². The summed E-state index contributed by atoms with van der Waals surface area (Å²) in [5.41, 5.74) is 0. The summed E-state index contributed by atoms with van der Waals surface area (Å²) in [6.07, 6.45) is 4.28. The minimum absolute atomic E-state index is 0.127. The Morgan fingerprint density at radius 3 is 2.92 bits per heavy atom. The summed E-state index contributed by atoms with van der Waals surface area (Å²) in [6.45, 7) is 5.47. The number of aliphatic hydroxyl groups is 1. The number of hydrogen-bond acceptors (Lipinski definition) is 2. The van der Waals surface area contributed by atoms with Crippen LogP contribution < -0.4 is 5.32 Å². The predicted molar refractivity (Wildman–Crippen MR) is 51.1 cm³/mol. The summed E-state index contributed by atoms with van der Waals surface area (Å²) in [7, 11) is 0. The maximum absolute atomic E-state index is 9.73. The largest absolute Gasteiger partial charge is 0.392 e. The first-order valence-electron chi connectivity index (χ1n) is 5.15. The van der Waals surface area contributed by atoms with E-state index in [0.29, 0.717) is 6.04 Å². The Labute approximate surface area is 75.4 Å². The summed E-state index contributed by atoms with van der Waals surface area (Å²) >= 11 is 0. The van der Waals surface area contributed by atoms with Crippen molar-refractivity contribution in [2.75, 3.05) is 6.54 Å². The van der Waals surface area contributed by atoms with Crippen LogP contribution in [-0.2, 0) is 0 Å². The fourth-order valence-corrected chi connectivity index (χ4v) is 1.94. The molecule has 0 spiro atoms. The van der Waals surface area contributed by atoms with E-state index in [9.17, 15) is 5.11 Å². The van der Waals surface area contributed by atoms with Crippen LogP contribution in [0.25, 0.3) is 0 Å². The monoisotopic (exact) mass is 171 g/mol. The molecular formula is C10H21NO. The zero-order chi connectivity index (χ0) is 8.97. The van der Waals surface area contributed by atoms with E-state index in [0.717, 1.165) is 31.7 Å². The molecule has 3 atom stereocenters. The standard InChI is InChI=1S/C10H21NO/c1-3-4-10(12)9-7-8(2)5-6-11-9/h8-12H,3-7H2,1-2H3/t8-,9-,10+/m1/s1. The third kappa shape index (κ3) is 2.76. The van der Waals surface area contributed by atoms with Gasteiger partial charge in [0.1, 0.15) is 0 Å². The topological polar surface area (TPSA) is 32.3 Å². The summed E-state index contributed by atoms with van der Waals surface area (Å²) in [4.78, 5) is 0. The van der Waals surface area contributed by atoms with Crippen molar-refractivity contribution in [3.05, 3.63) is 0 Å². The van der Waals surface area contributed by atoms with E-state index < -0.39 is 0 Å². The summed E-state index contributed by atoms with van der Waals surface area (Å²) in [6, 6.07) is 0.355. The summed E-state index contributed by atoms with van der Waals surface area (Å²) in [5.74, 6) is 0.780. The van der Waals surface area contributed by atoms with Gasteiger partial charge in [-0.3, -0.25) is 0 Å². The molecule has 12 heavy (non-hydrogen) atoms. The van der Waals surface area contributed by atoms with Crippen LogP contribution in [0.4, 0.5) is 0 Å². The number of hydrogen-bond donors (Lipinski definition) is 2. The Morgan fingerprint density at radius 2 is 2.33 bits per heavy atom. The zero-order valence-corrected chi connectivity index (χ0v) is 8.21. The van der Waals surface area contributed by atoms with Crippen molar-refractivity contribution < 1.29 is 5.11 Å². The first-order valence-corrected chi connectivity index (χ1v) is 5.15. The van der Waals surface area contributed by atoms with E-state index in [1.54, 1.807) is 0 Å². The molecule has 1 rings (SSSR count). The molecule has 72 valence electrons. The Bertz CT molecular complexity index is 127. The Balaban J connectivity index is 2.29. The number of aliphatic hydroxyl groups excluding tert-OH is 1. The second kappa shape index (κ2) is 4.83. The Kier molecular flexibility index (Phi) is 4.02. The minimum atomic E-state index is -0.127. The molecule has 0 amide bonds. The Morgan fingerprint density at radius 1 is 1.58 bits per heavy atom. The lowest BCUT2D eigenvalue weighted by Crippen LogP contribution is -2.45. The summed E-state index contributed by atoms with van der Waals surface area (Å²) < 4.78 is 0. The summed E-state index contributed by atoms with van der Waals surface area (Å²) in [5, 5.41) is 13.1. The SMILES string of the molecule is CCC[C@H](O)[C@H]1C[C@H](C)CCN1. The fraction of sp³-hybridized carbons (Fsp3) is 1.00. The van der Waals surface area contributed by atoms with Crippen molar-refractivity contribution in [3.8, 4) is 0 Å². The van der Waals surface area contributed by atoms with E-state index in [4.69, 9.17) is 0 Å². The average molecular weight is 171 g/mol. The van der Waals surface area contributed by atoms with Gasteiger partial charge in [0.05, 0.1) is 6.10 Å². The lowest BCUT2D eigenvalue weighted by molar-refractivity contribution is 0.0928. The molecule has 1 aliphatic heterocycles. The molecule has 0 aromatic heterocycles. The highest BCUT2D eigenvalue weighted by Crippen LogP contribution is 2.18. The molecule has 1 aliphatic rings. The van der Waals surface area contributed by atoms with Crippen LogP contribution in [0.1, 0.15) is 39.5 Å². The highest BCUT2D eigenvalue weighted by molar-refractivity contribution is 4.81. The maximum Gasteiger partial charge on any atom is 0.0693 e. The number of nitrogens with one attached hydrogen (secondary N) is 1. The molecule has 0 aromatic carbocycles. The van der Waals surface area contributed by atoms with E-state index >= 15 is 0 Å². The molecule has 2 nitrogen and oxygen atoms in total. The van der Waals surface area contributed by atoms with Gasteiger partial charge in [-0.05, 0) is 31.7 Å². The van der Waals surface area contributed by atoms with Crippen LogP contribution in [0.2, 0.25) is 0 Å². The zero-order valence-electron chi connectivity index (χ0n) is 8.21. The molecular weight excluding hydrogens is 150 g/mol. The van der Waals surface area contributed by atoms with Gasteiger partial charge in [0.25, 0.3) is 0 Å². The molecule has 2 N–H and O–H groups in total. The molecule has 1 heterocycles. The fourth-order valence-electron chi connectivity index (χ4n) is 1.94. The minimum Gasteiger partial charge on any atom is -0.392 e. The number of piperidine rings is 1. The third-order valence-electron chi connectivity index (χ3n) is 2.75. The lowest BCUT2D eigenvalue weighted by Gasteiger charge is -2.31. The van der Waals surface area contributed by atoms with Crippen molar-refractivity contribution in [3.63, 3.8) is 0 Å². The smallest absolute Gasteiger partial charge is 0.0693 e. The van der Waals surface area contributed by atoms with Gasteiger partial charge in [-0.1, -0.05) is 20.3 Å². The van der Waals surface area contributed by atoms with Crippen molar-refractivity contribution in [2.24, 2.45) is 5.92 Å². The van der Waals surface area contributed by atoms with Crippen molar-refractivity contribution in [1.82, 2.24) is 5.32 Å². The molecule has 0 aromatic rings. The highest BCUT2D eigenvalue weighted by Gasteiger charge is 2.23. The van der Waals surface area contributed by atoms with E-state index in [-0.39, 0.29) is 6.10 Å². The van der Waals surface area contributed by atoms with Crippen LogP contribution >= 0.6 is 0 Å². The molecule has 0 radical (unpaired) electrons. The van der Waals surface area contributed by atoms with Crippen molar-refractivity contribution >= 4 is 0 Å². The van der Waals surface area contributed by atoms with Crippen LogP contribution in [-0.4, -0.2) is 23.8 Å². The molecule has 0 unspecified atom stereocenters.